The molecule has 3 unspecified atom stereocenters. The van der Waals surface area contributed by atoms with E-state index < -0.39 is 10.0 Å². The number of rotatable bonds is 5. The van der Waals surface area contributed by atoms with E-state index in [1.54, 1.807) is 0 Å². The summed E-state index contributed by atoms with van der Waals surface area (Å²) in [6.45, 7) is 1.84. The van der Waals surface area contributed by atoms with Gasteiger partial charge in [0.1, 0.15) is 0 Å². The van der Waals surface area contributed by atoms with E-state index >= 15 is 0 Å². The molecule has 5 heteroatoms. The lowest BCUT2D eigenvalue weighted by Gasteiger charge is -2.22. The van der Waals surface area contributed by atoms with Crippen LogP contribution in [-0.4, -0.2) is 33.3 Å². The van der Waals surface area contributed by atoms with Crippen LogP contribution in [0.5, 0.6) is 0 Å². The van der Waals surface area contributed by atoms with Gasteiger partial charge in [0.2, 0.25) is 10.0 Å². The zero-order valence-corrected chi connectivity index (χ0v) is 12.4. The molecular weight excluding hydrogens is 272 g/mol. The Labute approximate surface area is 121 Å². The maximum absolute atomic E-state index is 12.2. The number of benzene rings is 1. The second-order valence-corrected chi connectivity index (χ2v) is 7.77. The third-order valence-corrected chi connectivity index (χ3v) is 5.78. The average molecular weight is 294 g/mol. The maximum atomic E-state index is 12.2. The minimum Gasteiger partial charge on any atom is -0.316 e. The summed E-state index contributed by atoms with van der Waals surface area (Å²) in [6.07, 6.45) is 3.02. The van der Waals surface area contributed by atoms with Crippen molar-refractivity contribution in [2.24, 2.45) is 5.92 Å². The highest BCUT2D eigenvalue weighted by Gasteiger charge is 2.41. The summed E-state index contributed by atoms with van der Waals surface area (Å²) >= 11 is 0. The van der Waals surface area contributed by atoms with Gasteiger partial charge in [-0.25, -0.2) is 13.1 Å². The van der Waals surface area contributed by atoms with Crippen LogP contribution < -0.4 is 10.0 Å². The lowest BCUT2D eigenvalue weighted by molar-refractivity contribution is 0.402. The second-order valence-electron chi connectivity index (χ2n) is 5.97. The lowest BCUT2D eigenvalue weighted by atomic mass is 10.0. The highest BCUT2D eigenvalue weighted by atomic mass is 32.2. The average Bonchev–Trinajstić information content (AvgIpc) is 3.18. The first-order valence-corrected chi connectivity index (χ1v) is 9.05. The van der Waals surface area contributed by atoms with Crippen molar-refractivity contribution in [1.82, 2.24) is 10.0 Å². The highest BCUT2D eigenvalue weighted by molar-refractivity contribution is 7.89. The molecule has 1 aliphatic heterocycles. The minimum atomic E-state index is -3.15. The first-order valence-electron chi connectivity index (χ1n) is 7.40. The Kier molecular flexibility index (Phi) is 4.10. The van der Waals surface area contributed by atoms with Crippen molar-refractivity contribution in [3.05, 3.63) is 35.9 Å². The van der Waals surface area contributed by atoms with Crippen LogP contribution in [0, 0.1) is 5.92 Å². The van der Waals surface area contributed by atoms with Crippen LogP contribution in [0.1, 0.15) is 30.7 Å². The molecule has 0 spiro atoms. The largest absolute Gasteiger partial charge is 0.316 e. The molecule has 1 saturated carbocycles. The number of hydrogen-bond donors (Lipinski definition) is 2. The molecule has 3 atom stereocenters. The molecule has 0 bridgehead atoms. The molecule has 0 aromatic heterocycles. The fourth-order valence-electron chi connectivity index (χ4n) is 3.05. The smallest absolute Gasteiger partial charge is 0.212 e. The topological polar surface area (TPSA) is 58.2 Å². The molecule has 1 aliphatic carbocycles. The van der Waals surface area contributed by atoms with Gasteiger partial charge in [0.25, 0.3) is 0 Å². The maximum Gasteiger partial charge on any atom is 0.212 e. The van der Waals surface area contributed by atoms with Crippen LogP contribution in [-0.2, 0) is 10.0 Å². The first-order chi connectivity index (χ1) is 9.64. The molecule has 0 radical (unpaired) electrons. The zero-order valence-electron chi connectivity index (χ0n) is 11.6. The van der Waals surface area contributed by atoms with Gasteiger partial charge in [0.05, 0.1) is 5.75 Å². The Morgan fingerprint density at radius 2 is 2.05 bits per heavy atom. The van der Waals surface area contributed by atoms with Crippen molar-refractivity contribution in [3.63, 3.8) is 0 Å². The number of piperidine rings is 1. The number of nitrogens with one attached hydrogen (secondary N) is 2. The van der Waals surface area contributed by atoms with Gasteiger partial charge in [0.15, 0.2) is 0 Å². The Morgan fingerprint density at radius 1 is 1.25 bits per heavy atom. The Morgan fingerprint density at radius 3 is 2.75 bits per heavy atom. The molecule has 2 N–H and O–H groups in total. The van der Waals surface area contributed by atoms with Gasteiger partial charge in [-0.1, -0.05) is 30.3 Å². The summed E-state index contributed by atoms with van der Waals surface area (Å²) in [6, 6.07) is 10.2. The van der Waals surface area contributed by atoms with E-state index in [0.717, 1.165) is 32.4 Å². The van der Waals surface area contributed by atoms with E-state index in [0.29, 0.717) is 5.92 Å². The van der Waals surface area contributed by atoms with Crippen LogP contribution in [0.4, 0.5) is 0 Å². The van der Waals surface area contributed by atoms with Gasteiger partial charge >= 0.3 is 0 Å². The fraction of sp³-hybridized carbons (Fsp3) is 0.600. The highest BCUT2D eigenvalue weighted by Crippen LogP contribution is 2.41. The molecule has 1 saturated heterocycles. The van der Waals surface area contributed by atoms with Crippen molar-refractivity contribution < 1.29 is 8.42 Å². The summed E-state index contributed by atoms with van der Waals surface area (Å²) in [5, 5.41) is 3.27. The third-order valence-electron chi connectivity index (χ3n) is 4.20. The van der Waals surface area contributed by atoms with Gasteiger partial charge in [-0.05, 0) is 43.8 Å². The molecule has 3 rings (SSSR count). The summed E-state index contributed by atoms with van der Waals surface area (Å²) in [4.78, 5) is 0. The van der Waals surface area contributed by atoms with Gasteiger partial charge in [0, 0.05) is 12.0 Å². The van der Waals surface area contributed by atoms with Crippen LogP contribution in [0.25, 0.3) is 0 Å². The summed E-state index contributed by atoms with van der Waals surface area (Å²) in [5.41, 5.74) is 1.24. The minimum absolute atomic E-state index is 0.0962. The van der Waals surface area contributed by atoms with E-state index in [9.17, 15) is 8.42 Å². The molecule has 20 heavy (non-hydrogen) atoms. The van der Waals surface area contributed by atoms with E-state index in [2.05, 4.69) is 22.2 Å². The number of sulfonamides is 1. The molecule has 110 valence electrons. The van der Waals surface area contributed by atoms with Crippen molar-refractivity contribution in [1.29, 1.82) is 0 Å². The van der Waals surface area contributed by atoms with Crippen LogP contribution in [0.15, 0.2) is 30.3 Å². The van der Waals surface area contributed by atoms with E-state index in [1.165, 1.54) is 5.56 Å². The molecular formula is C15H22N2O2S. The standard InChI is InChI=1S/C15H22N2O2S/c18-20(19,11-12-5-4-8-16-10-12)17-15-9-14(15)13-6-2-1-3-7-13/h1-3,6-7,12,14-17H,4-5,8-11H2. The van der Waals surface area contributed by atoms with Crippen LogP contribution in [0.3, 0.4) is 0 Å². The van der Waals surface area contributed by atoms with Gasteiger partial charge in [-0.15, -0.1) is 0 Å². The molecule has 0 amide bonds. The van der Waals surface area contributed by atoms with Crippen molar-refractivity contribution >= 4 is 10.0 Å². The van der Waals surface area contributed by atoms with Crippen LogP contribution >= 0.6 is 0 Å². The third kappa shape index (κ3) is 3.59. The molecule has 4 nitrogen and oxygen atoms in total. The SMILES string of the molecule is O=S(=O)(CC1CCCNC1)NC1CC1c1ccccc1. The molecule has 2 fully saturated rings. The van der Waals surface area contributed by atoms with Crippen molar-refractivity contribution in [2.75, 3.05) is 18.8 Å². The van der Waals surface area contributed by atoms with Gasteiger partial charge < -0.3 is 5.32 Å². The van der Waals surface area contributed by atoms with E-state index in [4.69, 9.17) is 0 Å². The fourth-order valence-corrected chi connectivity index (χ4v) is 4.77. The monoisotopic (exact) mass is 294 g/mol. The first kappa shape index (κ1) is 14.0. The Bertz CT molecular complexity index is 538. The summed E-state index contributed by atoms with van der Waals surface area (Å²) in [5.74, 6) is 0.878. The molecule has 2 aliphatic rings. The number of hydrogen-bond acceptors (Lipinski definition) is 3. The predicted molar refractivity (Wildman–Crippen MR) is 80.1 cm³/mol. The van der Waals surface area contributed by atoms with Gasteiger partial charge in [-0.3, -0.25) is 0 Å². The molecule has 1 heterocycles. The predicted octanol–water partition coefficient (Wildman–Crippen LogP) is 1.46. The quantitative estimate of drug-likeness (QED) is 0.864. The molecule has 1 aromatic carbocycles. The summed E-state index contributed by atoms with van der Waals surface area (Å²) < 4.78 is 27.2. The molecule has 1 aromatic rings. The Hall–Kier alpha value is -0.910. The summed E-state index contributed by atoms with van der Waals surface area (Å²) in [7, 11) is -3.15. The van der Waals surface area contributed by atoms with Crippen molar-refractivity contribution in [2.45, 2.75) is 31.2 Å². The van der Waals surface area contributed by atoms with Crippen LogP contribution in [0.2, 0.25) is 0 Å². The van der Waals surface area contributed by atoms with E-state index in [1.807, 2.05) is 18.2 Å². The second kappa shape index (κ2) is 5.84. The lowest BCUT2D eigenvalue weighted by Crippen LogP contribution is -2.38. The Balaban J connectivity index is 1.53. The van der Waals surface area contributed by atoms with Crippen molar-refractivity contribution in [3.8, 4) is 0 Å². The van der Waals surface area contributed by atoms with Gasteiger partial charge in [-0.2, -0.15) is 0 Å². The van der Waals surface area contributed by atoms with E-state index in [-0.39, 0.29) is 17.7 Å². The zero-order chi connectivity index (χ0) is 14.0. The normalized spacial score (nSPS) is 30.1.